The topological polar surface area (TPSA) is 104 Å². The predicted octanol–water partition coefficient (Wildman–Crippen LogP) is 1.34. The number of nitrogens with one attached hydrogen (secondary N) is 2. The highest BCUT2D eigenvalue weighted by Crippen LogP contribution is 2.07. The van der Waals surface area contributed by atoms with Crippen molar-refractivity contribution >= 4 is 12.0 Å². The van der Waals surface area contributed by atoms with Crippen molar-refractivity contribution in [2.45, 2.75) is 46.2 Å². The Hall–Kier alpha value is -2.05. The highest BCUT2D eigenvalue weighted by molar-refractivity contribution is 5.74. The summed E-state index contributed by atoms with van der Waals surface area (Å²) in [6, 6.07) is -0.574. The summed E-state index contributed by atoms with van der Waals surface area (Å²) in [6.45, 7) is 5.59. The Morgan fingerprint density at radius 2 is 2.11 bits per heavy atom. The summed E-state index contributed by atoms with van der Waals surface area (Å²) in [7, 11) is 0. The van der Waals surface area contributed by atoms with Gasteiger partial charge in [0.25, 0.3) is 0 Å². The first-order valence-electron chi connectivity index (χ1n) is 6.07. The van der Waals surface area contributed by atoms with Crippen molar-refractivity contribution in [1.82, 2.24) is 15.6 Å². The van der Waals surface area contributed by atoms with Gasteiger partial charge in [-0.3, -0.25) is 4.79 Å². The molecule has 0 aliphatic heterocycles. The van der Waals surface area contributed by atoms with Crippen LogP contribution in [-0.2, 0) is 11.3 Å². The lowest BCUT2D eigenvalue weighted by Crippen LogP contribution is -2.40. The maximum absolute atomic E-state index is 11.5. The van der Waals surface area contributed by atoms with Crippen LogP contribution in [0.2, 0.25) is 0 Å². The summed E-state index contributed by atoms with van der Waals surface area (Å²) in [5, 5.41) is 13.8. The van der Waals surface area contributed by atoms with Crippen LogP contribution >= 0.6 is 0 Å². The van der Waals surface area contributed by atoms with E-state index in [4.69, 9.17) is 9.52 Å². The molecular weight excluding hydrogens is 250 g/mol. The van der Waals surface area contributed by atoms with E-state index in [1.165, 1.54) is 0 Å². The van der Waals surface area contributed by atoms with Crippen LogP contribution in [0.25, 0.3) is 0 Å². The molecule has 0 bridgehead atoms. The summed E-state index contributed by atoms with van der Waals surface area (Å²) in [5.74, 6) is 0.301. The number of carboxylic acids is 1. The number of aromatic nitrogens is 1. The lowest BCUT2D eigenvalue weighted by atomic mass is 10.2. The molecule has 1 atom stereocenters. The molecule has 0 aliphatic rings. The highest BCUT2D eigenvalue weighted by Gasteiger charge is 2.10. The fourth-order valence-electron chi connectivity index (χ4n) is 1.46. The van der Waals surface area contributed by atoms with Gasteiger partial charge < -0.3 is 20.2 Å². The fourth-order valence-corrected chi connectivity index (χ4v) is 1.46. The monoisotopic (exact) mass is 269 g/mol. The van der Waals surface area contributed by atoms with Crippen LogP contribution < -0.4 is 10.6 Å². The normalized spacial score (nSPS) is 11.9. The van der Waals surface area contributed by atoms with Crippen LogP contribution in [0.3, 0.4) is 0 Å². The smallest absolute Gasteiger partial charge is 0.315 e. The van der Waals surface area contributed by atoms with Gasteiger partial charge in [-0.05, 0) is 27.2 Å². The molecule has 0 fully saturated rings. The number of aliphatic carboxylic acids is 1. The van der Waals surface area contributed by atoms with Gasteiger partial charge in [-0.15, -0.1) is 0 Å². The Balaban J connectivity index is 2.29. The molecule has 19 heavy (non-hydrogen) atoms. The van der Waals surface area contributed by atoms with Gasteiger partial charge in [0.05, 0.1) is 12.2 Å². The molecule has 7 nitrogen and oxygen atoms in total. The lowest BCUT2D eigenvalue weighted by Gasteiger charge is -2.12. The second-order valence-corrected chi connectivity index (χ2v) is 4.41. The van der Waals surface area contributed by atoms with Gasteiger partial charge >= 0.3 is 12.0 Å². The van der Waals surface area contributed by atoms with Crippen LogP contribution in [0, 0.1) is 13.8 Å². The molecule has 0 saturated carbocycles. The number of carbonyl (C=O) groups excluding carboxylic acids is 1. The van der Waals surface area contributed by atoms with Gasteiger partial charge in [0.1, 0.15) is 5.76 Å². The zero-order valence-corrected chi connectivity index (χ0v) is 11.3. The van der Waals surface area contributed by atoms with Crippen molar-refractivity contribution in [3.05, 3.63) is 17.3 Å². The SMILES string of the molecule is Cc1nc(CNC(=O)NC(C)CCC(=O)O)oc1C. The van der Waals surface area contributed by atoms with E-state index in [-0.39, 0.29) is 25.0 Å². The van der Waals surface area contributed by atoms with E-state index in [9.17, 15) is 9.59 Å². The van der Waals surface area contributed by atoms with E-state index in [1.807, 2.05) is 6.92 Å². The number of hydrogen-bond acceptors (Lipinski definition) is 4. The number of hydrogen-bond donors (Lipinski definition) is 3. The van der Waals surface area contributed by atoms with Crippen molar-refractivity contribution in [1.29, 1.82) is 0 Å². The number of rotatable bonds is 6. The summed E-state index contributed by atoms with van der Waals surface area (Å²) < 4.78 is 5.32. The molecule has 1 aromatic heterocycles. The molecule has 1 aromatic rings. The van der Waals surface area contributed by atoms with Crippen molar-refractivity contribution < 1.29 is 19.1 Å². The number of aryl methyl sites for hydroxylation is 2. The van der Waals surface area contributed by atoms with E-state index >= 15 is 0 Å². The predicted molar refractivity (Wildman–Crippen MR) is 67.7 cm³/mol. The Morgan fingerprint density at radius 1 is 1.42 bits per heavy atom. The Kier molecular flexibility index (Phi) is 5.35. The number of carboxylic acid groups (broad SMARTS) is 1. The maximum atomic E-state index is 11.5. The molecule has 0 spiro atoms. The first kappa shape index (κ1) is 15.0. The fraction of sp³-hybridized carbons (Fsp3) is 0.583. The Bertz CT molecular complexity index is 436. The van der Waals surface area contributed by atoms with Crippen LogP contribution in [0.4, 0.5) is 4.79 Å². The van der Waals surface area contributed by atoms with E-state index in [1.54, 1.807) is 13.8 Å². The number of amides is 2. The highest BCUT2D eigenvalue weighted by atomic mass is 16.4. The lowest BCUT2D eigenvalue weighted by molar-refractivity contribution is -0.137. The zero-order chi connectivity index (χ0) is 14.4. The maximum Gasteiger partial charge on any atom is 0.315 e. The minimum Gasteiger partial charge on any atom is -0.481 e. The van der Waals surface area contributed by atoms with Gasteiger partial charge in [-0.25, -0.2) is 9.78 Å². The van der Waals surface area contributed by atoms with Gasteiger partial charge in [-0.1, -0.05) is 0 Å². The zero-order valence-electron chi connectivity index (χ0n) is 11.3. The summed E-state index contributed by atoms with van der Waals surface area (Å²) >= 11 is 0. The Labute approximate surface area is 111 Å². The molecule has 2 amide bonds. The van der Waals surface area contributed by atoms with Crippen LogP contribution in [0.15, 0.2) is 4.42 Å². The summed E-state index contributed by atoms with van der Waals surface area (Å²) in [4.78, 5) is 26.0. The average Bonchev–Trinajstić information content (AvgIpc) is 2.64. The molecule has 1 heterocycles. The molecule has 1 rings (SSSR count). The van der Waals surface area contributed by atoms with E-state index in [0.29, 0.717) is 12.3 Å². The molecule has 106 valence electrons. The minimum atomic E-state index is -0.875. The molecule has 0 aliphatic carbocycles. The van der Waals surface area contributed by atoms with Crippen molar-refractivity contribution in [3.63, 3.8) is 0 Å². The standard InChI is InChI=1S/C12H19N3O4/c1-7(4-5-11(16)17)14-12(18)13-6-10-15-8(2)9(3)19-10/h7H,4-6H2,1-3H3,(H,16,17)(H2,13,14,18). The van der Waals surface area contributed by atoms with Crippen LogP contribution in [0.5, 0.6) is 0 Å². The van der Waals surface area contributed by atoms with E-state index in [2.05, 4.69) is 15.6 Å². The molecule has 0 radical (unpaired) electrons. The molecule has 1 unspecified atom stereocenters. The number of urea groups is 1. The van der Waals surface area contributed by atoms with Gasteiger partial charge in [0.15, 0.2) is 0 Å². The third kappa shape index (κ3) is 5.41. The second kappa shape index (κ2) is 6.77. The quantitative estimate of drug-likeness (QED) is 0.723. The second-order valence-electron chi connectivity index (χ2n) is 4.41. The first-order chi connectivity index (χ1) is 8.88. The van der Waals surface area contributed by atoms with Gasteiger partial charge in [-0.2, -0.15) is 0 Å². The van der Waals surface area contributed by atoms with Crippen LogP contribution in [0.1, 0.15) is 37.1 Å². The van der Waals surface area contributed by atoms with Crippen molar-refractivity contribution in [2.24, 2.45) is 0 Å². The Morgan fingerprint density at radius 3 is 2.63 bits per heavy atom. The van der Waals surface area contributed by atoms with Crippen LogP contribution in [-0.4, -0.2) is 28.1 Å². The third-order valence-corrected chi connectivity index (χ3v) is 2.64. The molecule has 3 N–H and O–H groups in total. The number of nitrogens with zero attached hydrogens (tertiary/aromatic N) is 1. The third-order valence-electron chi connectivity index (χ3n) is 2.64. The molecule has 7 heteroatoms. The summed E-state index contributed by atoms with van der Waals surface area (Å²) in [6.07, 6.45) is 0.416. The first-order valence-corrected chi connectivity index (χ1v) is 6.07. The number of carbonyl (C=O) groups is 2. The molecule has 0 aromatic carbocycles. The number of oxazole rings is 1. The van der Waals surface area contributed by atoms with Crippen molar-refractivity contribution in [3.8, 4) is 0 Å². The van der Waals surface area contributed by atoms with E-state index in [0.717, 1.165) is 11.5 Å². The molecule has 0 saturated heterocycles. The van der Waals surface area contributed by atoms with Crippen molar-refractivity contribution in [2.75, 3.05) is 0 Å². The summed E-state index contributed by atoms with van der Waals surface area (Å²) in [5.41, 5.74) is 0.798. The molecular formula is C12H19N3O4. The minimum absolute atomic E-state index is 0.0274. The van der Waals surface area contributed by atoms with Gasteiger partial charge in [0, 0.05) is 12.5 Å². The average molecular weight is 269 g/mol. The van der Waals surface area contributed by atoms with Gasteiger partial charge in [0.2, 0.25) is 5.89 Å². The van der Waals surface area contributed by atoms with E-state index < -0.39 is 5.97 Å². The largest absolute Gasteiger partial charge is 0.481 e.